The highest BCUT2D eigenvalue weighted by Crippen LogP contribution is 2.30. The second-order valence-corrected chi connectivity index (χ2v) is 9.55. The van der Waals surface area contributed by atoms with Gasteiger partial charge in [0.15, 0.2) is 21.3 Å². The maximum absolute atomic E-state index is 11.5. The molecule has 2 aromatic rings. The van der Waals surface area contributed by atoms with Crippen LogP contribution in [0.1, 0.15) is 24.5 Å². The summed E-state index contributed by atoms with van der Waals surface area (Å²) in [5, 5.41) is 0.979. The van der Waals surface area contributed by atoms with Crippen LogP contribution in [-0.4, -0.2) is 38.8 Å². The highest BCUT2D eigenvalue weighted by Gasteiger charge is 2.26. The van der Waals surface area contributed by atoms with Gasteiger partial charge in [-0.2, -0.15) is 0 Å². The Balaban J connectivity index is 1.70. The van der Waals surface area contributed by atoms with Crippen molar-refractivity contribution >= 4 is 39.3 Å². The van der Waals surface area contributed by atoms with Crippen LogP contribution in [0.3, 0.4) is 0 Å². The van der Waals surface area contributed by atoms with E-state index in [1.807, 2.05) is 31.2 Å². The molecule has 150 valence electrons. The molecular formula is C20H21Cl2NO4S. The van der Waals surface area contributed by atoms with Crippen molar-refractivity contribution in [3.8, 4) is 11.5 Å². The van der Waals surface area contributed by atoms with Crippen LogP contribution < -0.4 is 9.47 Å². The third kappa shape index (κ3) is 5.63. The van der Waals surface area contributed by atoms with E-state index in [0.29, 0.717) is 41.2 Å². The van der Waals surface area contributed by atoms with Crippen molar-refractivity contribution < 1.29 is 17.9 Å². The fourth-order valence-corrected chi connectivity index (χ4v) is 4.82. The molecule has 1 aliphatic rings. The Labute approximate surface area is 175 Å². The van der Waals surface area contributed by atoms with E-state index < -0.39 is 9.84 Å². The number of ether oxygens (including phenoxy) is 2. The molecule has 0 saturated carbocycles. The second kappa shape index (κ2) is 9.16. The van der Waals surface area contributed by atoms with Crippen molar-refractivity contribution in [2.75, 3.05) is 18.1 Å². The lowest BCUT2D eigenvalue weighted by molar-refractivity contribution is 0.269. The number of aliphatic imine (C=N–C) groups is 1. The number of halogens is 2. The largest absolute Gasteiger partial charge is 0.490 e. The summed E-state index contributed by atoms with van der Waals surface area (Å²) in [5.41, 5.74) is 1.72. The number of rotatable bonds is 7. The summed E-state index contributed by atoms with van der Waals surface area (Å²) in [6, 6.07) is 10.7. The van der Waals surface area contributed by atoms with Gasteiger partial charge >= 0.3 is 0 Å². The van der Waals surface area contributed by atoms with E-state index in [1.165, 1.54) is 0 Å². The first-order valence-electron chi connectivity index (χ1n) is 8.93. The minimum Gasteiger partial charge on any atom is -0.490 e. The first-order chi connectivity index (χ1) is 13.4. The standard InChI is InChI=1S/C20H21Cl2NO4S/c1-2-26-20-10-14(11-23-16-7-8-28(24,25)13-16)4-6-19(20)27-12-15-3-5-17(21)18(22)9-15/h3-6,9-11,16H,2,7-8,12-13H2,1H3/t16-/m1/s1. The third-order valence-corrected chi connectivity index (χ3v) is 6.78. The van der Waals surface area contributed by atoms with E-state index in [2.05, 4.69) is 4.99 Å². The summed E-state index contributed by atoms with van der Waals surface area (Å²) in [5.74, 6) is 1.53. The molecule has 8 heteroatoms. The average Bonchev–Trinajstić information content (AvgIpc) is 3.01. The number of hydrogen-bond donors (Lipinski definition) is 0. The lowest BCUT2D eigenvalue weighted by Crippen LogP contribution is -2.07. The molecule has 0 spiro atoms. The van der Waals surface area contributed by atoms with Crippen molar-refractivity contribution in [2.24, 2.45) is 4.99 Å². The van der Waals surface area contributed by atoms with E-state index >= 15 is 0 Å². The Bertz CT molecular complexity index is 976. The van der Waals surface area contributed by atoms with E-state index in [-0.39, 0.29) is 17.5 Å². The van der Waals surface area contributed by atoms with Crippen LogP contribution in [0.2, 0.25) is 10.0 Å². The molecule has 2 aromatic carbocycles. The Hall–Kier alpha value is -1.76. The quantitative estimate of drug-likeness (QED) is 0.589. The summed E-state index contributed by atoms with van der Waals surface area (Å²) in [4.78, 5) is 4.40. The minimum atomic E-state index is -2.94. The van der Waals surface area contributed by atoms with Gasteiger partial charge in [0.1, 0.15) is 6.61 Å². The summed E-state index contributed by atoms with van der Waals surface area (Å²) >= 11 is 12.0. The van der Waals surface area contributed by atoms with Gasteiger partial charge in [-0.05, 0) is 54.8 Å². The molecule has 0 aliphatic carbocycles. The zero-order valence-corrected chi connectivity index (χ0v) is 17.7. The van der Waals surface area contributed by atoms with Gasteiger partial charge in [0.2, 0.25) is 0 Å². The van der Waals surface area contributed by atoms with E-state index in [1.54, 1.807) is 18.3 Å². The number of benzene rings is 2. The molecule has 0 bridgehead atoms. The molecule has 28 heavy (non-hydrogen) atoms. The first-order valence-corrected chi connectivity index (χ1v) is 11.5. The third-order valence-electron chi connectivity index (χ3n) is 4.29. The smallest absolute Gasteiger partial charge is 0.161 e. The van der Waals surface area contributed by atoms with Gasteiger partial charge in [0.05, 0.1) is 34.2 Å². The predicted octanol–water partition coefficient (Wildman–Crippen LogP) is 4.58. The predicted molar refractivity (Wildman–Crippen MR) is 113 cm³/mol. The Morgan fingerprint density at radius 3 is 2.61 bits per heavy atom. The molecule has 1 atom stereocenters. The van der Waals surface area contributed by atoms with E-state index in [0.717, 1.165) is 11.1 Å². The Morgan fingerprint density at radius 1 is 1.11 bits per heavy atom. The lowest BCUT2D eigenvalue weighted by atomic mass is 10.2. The van der Waals surface area contributed by atoms with Crippen molar-refractivity contribution in [1.82, 2.24) is 0 Å². The molecule has 0 radical (unpaired) electrons. The SMILES string of the molecule is CCOc1cc(C=N[C@@H]2CCS(=O)(=O)C2)ccc1OCc1ccc(Cl)c(Cl)c1. The van der Waals surface area contributed by atoms with Crippen molar-refractivity contribution in [1.29, 1.82) is 0 Å². The molecular weight excluding hydrogens is 421 g/mol. The zero-order chi connectivity index (χ0) is 20.1. The lowest BCUT2D eigenvalue weighted by Gasteiger charge is -2.13. The first kappa shape index (κ1) is 21.0. The number of nitrogens with zero attached hydrogens (tertiary/aromatic N) is 1. The maximum atomic E-state index is 11.5. The van der Waals surface area contributed by atoms with Crippen LogP contribution in [0.25, 0.3) is 0 Å². The van der Waals surface area contributed by atoms with Crippen molar-refractivity contribution in [3.05, 3.63) is 57.6 Å². The van der Waals surface area contributed by atoms with Gasteiger partial charge in [-0.25, -0.2) is 8.42 Å². The second-order valence-electron chi connectivity index (χ2n) is 6.51. The molecule has 1 aliphatic heterocycles. The van der Waals surface area contributed by atoms with Gasteiger partial charge in [-0.15, -0.1) is 0 Å². The molecule has 3 rings (SSSR count). The Morgan fingerprint density at radius 2 is 1.93 bits per heavy atom. The van der Waals surface area contributed by atoms with Gasteiger partial charge in [0, 0.05) is 6.21 Å². The van der Waals surface area contributed by atoms with E-state index in [4.69, 9.17) is 32.7 Å². The number of sulfone groups is 1. The highest BCUT2D eigenvalue weighted by molar-refractivity contribution is 7.91. The fraction of sp³-hybridized carbons (Fsp3) is 0.350. The normalized spacial score (nSPS) is 18.5. The molecule has 1 heterocycles. The summed E-state index contributed by atoms with van der Waals surface area (Å²) in [6.07, 6.45) is 2.26. The minimum absolute atomic E-state index is 0.118. The van der Waals surface area contributed by atoms with Crippen LogP contribution in [0.15, 0.2) is 41.4 Å². The highest BCUT2D eigenvalue weighted by atomic mass is 35.5. The van der Waals surface area contributed by atoms with Crippen LogP contribution in [0, 0.1) is 0 Å². The Kier molecular flexibility index (Phi) is 6.86. The van der Waals surface area contributed by atoms with Crippen LogP contribution in [0.4, 0.5) is 0 Å². The summed E-state index contributed by atoms with van der Waals surface area (Å²) in [6.45, 7) is 2.71. The van der Waals surface area contributed by atoms with Gasteiger partial charge in [-0.1, -0.05) is 29.3 Å². The van der Waals surface area contributed by atoms with Crippen LogP contribution >= 0.6 is 23.2 Å². The summed E-state index contributed by atoms with van der Waals surface area (Å²) in [7, 11) is -2.94. The van der Waals surface area contributed by atoms with E-state index in [9.17, 15) is 8.42 Å². The maximum Gasteiger partial charge on any atom is 0.161 e. The average molecular weight is 442 g/mol. The molecule has 5 nitrogen and oxygen atoms in total. The van der Waals surface area contributed by atoms with Crippen LogP contribution in [0.5, 0.6) is 11.5 Å². The van der Waals surface area contributed by atoms with Crippen molar-refractivity contribution in [2.45, 2.75) is 26.0 Å². The van der Waals surface area contributed by atoms with Gasteiger partial charge < -0.3 is 9.47 Å². The monoisotopic (exact) mass is 441 g/mol. The van der Waals surface area contributed by atoms with Crippen LogP contribution in [-0.2, 0) is 16.4 Å². The molecule has 0 unspecified atom stereocenters. The zero-order valence-electron chi connectivity index (χ0n) is 15.4. The molecule has 1 fully saturated rings. The molecule has 0 N–H and O–H groups in total. The number of hydrogen-bond acceptors (Lipinski definition) is 5. The van der Waals surface area contributed by atoms with Gasteiger partial charge in [-0.3, -0.25) is 4.99 Å². The molecule has 1 saturated heterocycles. The fourth-order valence-electron chi connectivity index (χ4n) is 2.87. The van der Waals surface area contributed by atoms with Crippen molar-refractivity contribution in [3.63, 3.8) is 0 Å². The topological polar surface area (TPSA) is 65.0 Å². The molecule has 0 aromatic heterocycles. The van der Waals surface area contributed by atoms with Gasteiger partial charge in [0.25, 0.3) is 0 Å². The molecule has 0 amide bonds. The summed E-state index contributed by atoms with van der Waals surface area (Å²) < 4.78 is 34.6.